The maximum absolute atomic E-state index is 12.6. The Morgan fingerprint density at radius 2 is 2.04 bits per heavy atom. The quantitative estimate of drug-likeness (QED) is 0.485. The molecule has 0 saturated heterocycles. The fourth-order valence-electron chi connectivity index (χ4n) is 3.19. The summed E-state index contributed by atoms with van der Waals surface area (Å²) in [7, 11) is 3.01. The van der Waals surface area contributed by atoms with Crippen molar-refractivity contribution < 1.29 is 19.1 Å². The number of esters is 1. The van der Waals surface area contributed by atoms with E-state index in [9.17, 15) is 9.59 Å². The van der Waals surface area contributed by atoms with E-state index in [1.807, 2.05) is 4.68 Å². The van der Waals surface area contributed by atoms with Crippen LogP contribution in [0, 0.1) is 5.92 Å². The van der Waals surface area contributed by atoms with Gasteiger partial charge < -0.3 is 14.8 Å². The molecule has 0 aliphatic carbocycles. The van der Waals surface area contributed by atoms with E-state index >= 15 is 0 Å². The van der Waals surface area contributed by atoms with Gasteiger partial charge in [-0.05, 0) is 12.3 Å². The minimum absolute atomic E-state index is 0.165. The van der Waals surface area contributed by atoms with E-state index in [-0.39, 0.29) is 11.9 Å². The second-order valence-electron chi connectivity index (χ2n) is 7.28. The van der Waals surface area contributed by atoms with Crippen LogP contribution in [0.5, 0.6) is 0 Å². The van der Waals surface area contributed by atoms with Crippen molar-refractivity contribution in [1.82, 2.24) is 20.0 Å². The molecule has 0 fully saturated rings. The van der Waals surface area contributed by atoms with E-state index in [0.717, 1.165) is 37.2 Å². The average Bonchev–Trinajstić information content (AvgIpc) is 3.02. The van der Waals surface area contributed by atoms with Crippen molar-refractivity contribution in [1.29, 1.82) is 0 Å². The zero-order valence-electron chi connectivity index (χ0n) is 16.9. The molecular formula is C19H32N4O4. The molecular weight excluding hydrogens is 348 g/mol. The first-order valence-electron chi connectivity index (χ1n) is 9.61. The summed E-state index contributed by atoms with van der Waals surface area (Å²) in [4.78, 5) is 26.2. The van der Waals surface area contributed by atoms with Gasteiger partial charge in [-0.25, -0.2) is 0 Å². The first-order valence-corrected chi connectivity index (χ1v) is 9.61. The fraction of sp³-hybridized carbons (Fsp3) is 0.737. The van der Waals surface area contributed by atoms with E-state index in [1.54, 1.807) is 7.11 Å². The van der Waals surface area contributed by atoms with Gasteiger partial charge in [0, 0.05) is 57.5 Å². The number of nitrogens with zero attached hydrogens (tertiary/aromatic N) is 3. The van der Waals surface area contributed by atoms with Gasteiger partial charge in [0.1, 0.15) is 0 Å². The Hall–Kier alpha value is -1.93. The van der Waals surface area contributed by atoms with Gasteiger partial charge in [0.15, 0.2) is 5.69 Å². The molecule has 152 valence electrons. The van der Waals surface area contributed by atoms with E-state index in [4.69, 9.17) is 9.47 Å². The third kappa shape index (κ3) is 6.04. The van der Waals surface area contributed by atoms with Crippen LogP contribution in [0.1, 0.15) is 48.4 Å². The van der Waals surface area contributed by atoms with E-state index in [0.29, 0.717) is 44.3 Å². The second kappa shape index (κ2) is 10.4. The van der Waals surface area contributed by atoms with Crippen LogP contribution in [0.2, 0.25) is 0 Å². The molecule has 0 atom stereocenters. The van der Waals surface area contributed by atoms with Gasteiger partial charge in [0.25, 0.3) is 5.91 Å². The number of hydrogen-bond acceptors (Lipinski definition) is 6. The molecule has 27 heavy (non-hydrogen) atoms. The van der Waals surface area contributed by atoms with Crippen LogP contribution < -0.4 is 5.32 Å². The molecule has 0 spiro atoms. The number of nitrogens with one attached hydrogen (secondary N) is 1. The van der Waals surface area contributed by atoms with Crippen molar-refractivity contribution in [2.75, 3.05) is 40.5 Å². The Bertz CT molecular complexity index is 642. The number of rotatable bonds is 10. The van der Waals surface area contributed by atoms with Gasteiger partial charge in [0.2, 0.25) is 0 Å². The topological polar surface area (TPSA) is 85.7 Å². The summed E-state index contributed by atoms with van der Waals surface area (Å²) in [6.07, 6.45) is 2.19. The summed E-state index contributed by atoms with van der Waals surface area (Å²) in [6, 6.07) is 0. The minimum atomic E-state index is -0.217. The van der Waals surface area contributed by atoms with Gasteiger partial charge in [-0.2, -0.15) is 5.10 Å². The molecule has 0 unspecified atom stereocenters. The van der Waals surface area contributed by atoms with E-state index < -0.39 is 0 Å². The number of amides is 1. The highest BCUT2D eigenvalue weighted by Crippen LogP contribution is 2.24. The number of aryl methyl sites for hydroxylation is 1. The summed E-state index contributed by atoms with van der Waals surface area (Å²) in [6.45, 7) is 8.19. The highest BCUT2D eigenvalue weighted by molar-refractivity contribution is 5.94. The molecule has 0 saturated carbocycles. The third-order valence-electron chi connectivity index (χ3n) is 4.80. The third-order valence-corrected chi connectivity index (χ3v) is 4.80. The highest BCUT2D eigenvalue weighted by Gasteiger charge is 2.28. The lowest BCUT2D eigenvalue weighted by Gasteiger charge is -2.27. The number of carbonyl (C=O) groups is 2. The Balaban J connectivity index is 2.15. The molecule has 1 aromatic rings. The summed E-state index contributed by atoms with van der Waals surface area (Å²) in [5.74, 6) is 0.191. The Morgan fingerprint density at radius 3 is 2.70 bits per heavy atom. The van der Waals surface area contributed by atoms with Crippen LogP contribution in [0.25, 0.3) is 0 Å². The lowest BCUT2D eigenvalue weighted by atomic mass is 10.0. The van der Waals surface area contributed by atoms with Crippen LogP contribution >= 0.6 is 0 Å². The van der Waals surface area contributed by atoms with Crippen molar-refractivity contribution in [3.05, 3.63) is 17.0 Å². The number of carbonyl (C=O) groups excluding carboxylic acids is 2. The van der Waals surface area contributed by atoms with Crippen LogP contribution in [0.3, 0.4) is 0 Å². The second-order valence-corrected chi connectivity index (χ2v) is 7.28. The van der Waals surface area contributed by atoms with Crippen molar-refractivity contribution in [2.45, 2.75) is 46.2 Å². The van der Waals surface area contributed by atoms with Gasteiger partial charge >= 0.3 is 5.97 Å². The number of fused-ring (bicyclic) bond motifs is 1. The molecule has 1 aromatic heterocycles. The number of ether oxygens (including phenoxy) is 2. The predicted octanol–water partition coefficient (Wildman–Crippen LogP) is 1.23. The van der Waals surface area contributed by atoms with E-state index in [1.165, 1.54) is 7.11 Å². The number of hydrogen-bond donors (Lipinski definition) is 1. The largest absolute Gasteiger partial charge is 0.469 e. The maximum atomic E-state index is 12.6. The summed E-state index contributed by atoms with van der Waals surface area (Å²) < 4.78 is 11.7. The van der Waals surface area contributed by atoms with Crippen molar-refractivity contribution >= 4 is 11.9 Å². The fourth-order valence-corrected chi connectivity index (χ4v) is 3.19. The number of methoxy groups -OCH3 is 2. The lowest BCUT2D eigenvalue weighted by Crippen LogP contribution is -2.34. The Morgan fingerprint density at radius 1 is 1.26 bits per heavy atom. The summed E-state index contributed by atoms with van der Waals surface area (Å²) in [5.41, 5.74) is 2.61. The number of aromatic nitrogens is 2. The summed E-state index contributed by atoms with van der Waals surface area (Å²) >= 11 is 0. The molecule has 1 N–H and O–H groups in total. The minimum Gasteiger partial charge on any atom is -0.469 e. The molecule has 8 heteroatoms. The highest BCUT2D eigenvalue weighted by atomic mass is 16.5. The standard InChI is InChI=1S/C19H32N4O4/c1-14(2)5-11-23-16-6-9-22(10-7-17(24)27-4)13-15(16)18(21-23)19(25)20-8-12-26-3/h14H,5-13H2,1-4H3,(H,20,25). The van der Waals surface area contributed by atoms with E-state index in [2.05, 4.69) is 29.2 Å². The maximum Gasteiger partial charge on any atom is 0.306 e. The molecule has 1 amide bonds. The van der Waals surface area contributed by atoms with Crippen molar-refractivity contribution in [3.63, 3.8) is 0 Å². The summed E-state index contributed by atoms with van der Waals surface area (Å²) in [5, 5.41) is 7.50. The molecule has 2 heterocycles. The average molecular weight is 380 g/mol. The van der Waals surface area contributed by atoms with Crippen molar-refractivity contribution in [3.8, 4) is 0 Å². The zero-order valence-corrected chi connectivity index (χ0v) is 16.9. The molecule has 8 nitrogen and oxygen atoms in total. The molecule has 0 aromatic carbocycles. The molecule has 1 aliphatic rings. The van der Waals surface area contributed by atoms with Gasteiger partial charge in [0.05, 0.1) is 20.1 Å². The molecule has 0 bridgehead atoms. The SMILES string of the molecule is COCCNC(=O)c1nn(CCC(C)C)c2c1CN(CCC(=O)OC)CC2. The van der Waals surface area contributed by atoms with Crippen LogP contribution in [0.15, 0.2) is 0 Å². The van der Waals surface area contributed by atoms with Crippen LogP contribution in [-0.4, -0.2) is 67.0 Å². The van der Waals surface area contributed by atoms with Gasteiger partial charge in [-0.3, -0.25) is 19.2 Å². The smallest absolute Gasteiger partial charge is 0.306 e. The zero-order chi connectivity index (χ0) is 19.8. The normalized spacial score (nSPS) is 14.3. The molecule has 0 radical (unpaired) electrons. The first-order chi connectivity index (χ1) is 13.0. The Labute approximate surface area is 161 Å². The van der Waals surface area contributed by atoms with Crippen LogP contribution in [-0.2, 0) is 33.8 Å². The first kappa shape index (κ1) is 21.4. The molecule has 2 rings (SSSR count). The van der Waals surface area contributed by atoms with Gasteiger partial charge in [-0.15, -0.1) is 0 Å². The molecule has 1 aliphatic heterocycles. The van der Waals surface area contributed by atoms with Crippen molar-refractivity contribution in [2.24, 2.45) is 5.92 Å². The monoisotopic (exact) mass is 380 g/mol. The van der Waals surface area contributed by atoms with Crippen LogP contribution in [0.4, 0.5) is 0 Å². The predicted molar refractivity (Wildman–Crippen MR) is 102 cm³/mol. The lowest BCUT2D eigenvalue weighted by molar-refractivity contribution is -0.141. The Kier molecular flexibility index (Phi) is 8.24. The van der Waals surface area contributed by atoms with Gasteiger partial charge in [-0.1, -0.05) is 13.8 Å².